The minimum absolute atomic E-state index is 0.748. The lowest BCUT2D eigenvalue weighted by molar-refractivity contribution is -0.107. The molecule has 0 unspecified atom stereocenters. The van der Waals surface area contributed by atoms with E-state index in [0.717, 1.165) is 32.0 Å². The van der Waals surface area contributed by atoms with E-state index in [0.29, 0.717) is 0 Å². The van der Waals surface area contributed by atoms with E-state index in [1.165, 1.54) is 51.4 Å². The van der Waals surface area contributed by atoms with E-state index in [4.69, 9.17) is 0 Å². The fourth-order valence-corrected chi connectivity index (χ4v) is 2.00. The number of rotatable bonds is 14. The van der Waals surface area contributed by atoms with Gasteiger partial charge < -0.3 is 4.79 Å². The molecule has 0 heterocycles. The van der Waals surface area contributed by atoms with Crippen molar-refractivity contribution in [2.45, 2.75) is 77.0 Å². The van der Waals surface area contributed by atoms with Crippen molar-refractivity contribution in [1.29, 1.82) is 0 Å². The number of carbonyl (C=O) groups is 1. The van der Waals surface area contributed by atoms with Gasteiger partial charge in [-0.05, 0) is 32.1 Å². The molecule has 0 aliphatic heterocycles. The van der Waals surface area contributed by atoms with E-state index in [2.05, 4.69) is 18.7 Å². The van der Waals surface area contributed by atoms with Crippen LogP contribution in [0.3, 0.4) is 0 Å². The molecule has 0 saturated heterocycles. The number of hydrogen-bond donors (Lipinski definition) is 0. The van der Waals surface area contributed by atoms with Gasteiger partial charge in [0.05, 0.1) is 0 Å². The molecule has 0 aromatic rings. The predicted octanol–water partition coefficient (Wildman–Crippen LogP) is 5.61. The molecule has 0 aliphatic carbocycles. The molecular formula is C17H30O. The summed E-state index contributed by atoms with van der Waals surface area (Å²) in [5, 5.41) is 0. The van der Waals surface area contributed by atoms with E-state index < -0.39 is 0 Å². The predicted molar refractivity (Wildman–Crippen MR) is 80.8 cm³/mol. The Morgan fingerprint density at radius 2 is 1.11 bits per heavy atom. The second-order valence-electron chi connectivity index (χ2n) is 4.91. The smallest absolute Gasteiger partial charge is 0.119 e. The Balaban J connectivity index is 3.00. The molecule has 0 aromatic carbocycles. The average molecular weight is 250 g/mol. The van der Waals surface area contributed by atoms with Gasteiger partial charge in [-0.3, -0.25) is 0 Å². The number of hydrogen-bond acceptors (Lipinski definition) is 1. The summed E-state index contributed by atoms with van der Waals surface area (Å²) in [6, 6.07) is 0. The van der Waals surface area contributed by atoms with Crippen molar-refractivity contribution in [1.82, 2.24) is 0 Å². The molecule has 0 amide bonds. The molecule has 0 N–H and O–H groups in total. The summed E-state index contributed by atoms with van der Waals surface area (Å²) in [6.07, 6.45) is 22.2. The van der Waals surface area contributed by atoms with Crippen molar-refractivity contribution >= 4 is 6.29 Å². The van der Waals surface area contributed by atoms with Crippen LogP contribution in [-0.4, -0.2) is 6.29 Å². The highest BCUT2D eigenvalue weighted by Crippen LogP contribution is 2.10. The summed E-state index contributed by atoms with van der Waals surface area (Å²) in [5.74, 6) is 0. The lowest BCUT2D eigenvalue weighted by Gasteiger charge is -2.00. The molecule has 1 heteroatoms. The van der Waals surface area contributed by atoms with E-state index >= 15 is 0 Å². The molecule has 0 atom stereocenters. The van der Waals surface area contributed by atoms with Gasteiger partial charge in [0, 0.05) is 6.42 Å². The van der Waals surface area contributed by atoms with Gasteiger partial charge in [-0.25, -0.2) is 0 Å². The second kappa shape index (κ2) is 16.1. The van der Waals surface area contributed by atoms with Crippen molar-refractivity contribution in [2.75, 3.05) is 0 Å². The van der Waals surface area contributed by atoms with Crippen LogP contribution in [0, 0.1) is 0 Å². The second-order valence-corrected chi connectivity index (χ2v) is 4.91. The molecule has 1 nitrogen and oxygen atoms in total. The average Bonchev–Trinajstić information content (AvgIpc) is 2.39. The molecule has 0 spiro atoms. The molecular weight excluding hydrogens is 220 g/mol. The minimum atomic E-state index is 0.748. The van der Waals surface area contributed by atoms with Crippen LogP contribution in [0.15, 0.2) is 24.8 Å². The van der Waals surface area contributed by atoms with Gasteiger partial charge >= 0.3 is 0 Å². The summed E-state index contributed by atoms with van der Waals surface area (Å²) >= 11 is 0. The molecule has 0 fully saturated rings. The molecule has 18 heavy (non-hydrogen) atoms. The van der Waals surface area contributed by atoms with Crippen molar-refractivity contribution in [3.63, 3.8) is 0 Å². The molecule has 0 radical (unpaired) electrons. The molecule has 0 aliphatic rings. The number of carbonyl (C=O) groups excluding carboxylic acids is 1. The van der Waals surface area contributed by atoms with Gasteiger partial charge in [-0.1, -0.05) is 56.8 Å². The van der Waals surface area contributed by atoms with Gasteiger partial charge in [-0.2, -0.15) is 0 Å². The van der Waals surface area contributed by atoms with E-state index in [9.17, 15) is 4.79 Å². The quantitative estimate of drug-likeness (QED) is 0.222. The van der Waals surface area contributed by atoms with Crippen LogP contribution in [0.4, 0.5) is 0 Å². The van der Waals surface area contributed by atoms with Gasteiger partial charge in [0.25, 0.3) is 0 Å². The Morgan fingerprint density at radius 1 is 0.611 bits per heavy atom. The first kappa shape index (κ1) is 17.2. The van der Waals surface area contributed by atoms with Gasteiger partial charge in [0.2, 0.25) is 0 Å². The Bertz CT molecular complexity index is 206. The van der Waals surface area contributed by atoms with Gasteiger partial charge in [0.15, 0.2) is 0 Å². The maximum Gasteiger partial charge on any atom is 0.119 e. The van der Waals surface area contributed by atoms with Crippen molar-refractivity contribution in [2.24, 2.45) is 0 Å². The highest BCUT2D eigenvalue weighted by atomic mass is 16.1. The Hall–Kier alpha value is -0.850. The third kappa shape index (κ3) is 15.1. The van der Waals surface area contributed by atoms with E-state index in [1.54, 1.807) is 0 Å². The topological polar surface area (TPSA) is 17.1 Å². The summed E-state index contributed by atoms with van der Waals surface area (Å²) in [4.78, 5) is 10.1. The van der Waals surface area contributed by atoms with Crippen LogP contribution < -0.4 is 0 Å². The number of allylic oxidation sites excluding steroid dienone is 3. The van der Waals surface area contributed by atoms with Crippen LogP contribution in [0.25, 0.3) is 0 Å². The van der Waals surface area contributed by atoms with Crippen molar-refractivity contribution < 1.29 is 4.79 Å². The maximum absolute atomic E-state index is 10.1. The third-order valence-corrected chi connectivity index (χ3v) is 3.15. The summed E-state index contributed by atoms with van der Waals surface area (Å²) in [6.45, 7) is 3.71. The van der Waals surface area contributed by atoms with Gasteiger partial charge in [0.1, 0.15) is 6.29 Å². The highest BCUT2D eigenvalue weighted by Gasteiger charge is 1.91. The zero-order chi connectivity index (χ0) is 13.3. The summed E-state index contributed by atoms with van der Waals surface area (Å²) in [5.41, 5.74) is 0. The SMILES string of the molecule is C=CCCC=CCCCCCCCCCCC=O. The molecule has 0 aromatic heterocycles. The monoisotopic (exact) mass is 250 g/mol. The first-order chi connectivity index (χ1) is 8.91. The first-order valence-corrected chi connectivity index (χ1v) is 7.61. The fraction of sp³-hybridized carbons (Fsp3) is 0.706. The van der Waals surface area contributed by atoms with Crippen molar-refractivity contribution in [3.8, 4) is 0 Å². The van der Waals surface area contributed by atoms with Crippen LogP contribution in [0.1, 0.15) is 77.0 Å². The zero-order valence-electron chi connectivity index (χ0n) is 11.9. The minimum Gasteiger partial charge on any atom is -0.303 e. The van der Waals surface area contributed by atoms with Crippen molar-refractivity contribution in [3.05, 3.63) is 24.8 Å². The lowest BCUT2D eigenvalue weighted by Crippen LogP contribution is -1.82. The van der Waals surface area contributed by atoms with Crippen LogP contribution in [0.5, 0.6) is 0 Å². The Labute approximate surface area is 113 Å². The van der Waals surface area contributed by atoms with E-state index in [1.807, 2.05) is 6.08 Å². The Morgan fingerprint density at radius 3 is 1.67 bits per heavy atom. The summed E-state index contributed by atoms with van der Waals surface area (Å²) < 4.78 is 0. The van der Waals surface area contributed by atoms with Gasteiger partial charge in [-0.15, -0.1) is 6.58 Å². The number of unbranched alkanes of at least 4 members (excludes halogenated alkanes) is 10. The molecule has 104 valence electrons. The normalized spacial score (nSPS) is 10.9. The lowest BCUT2D eigenvalue weighted by atomic mass is 10.1. The summed E-state index contributed by atoms with van der Waals surface area (Å²) in [7, 11) is 0. The zero-order valence-corrected chi connectivity index (χ0v) is 11.9. The molecule has 0 rings (SSSR count). The standard InChI is InChI=1S/C17H30O/c1-2-3-4-5-6-7-8-9-10-11-12-13-14-15-16-17-18/h2,5-6,17H,1,3-4,7-16H2. The third-order valence-electron chi connectivity index (χ3n) is 3.15. The highest BCUT2D eigenvalue weighted by molar-refractivity contribution is 5.48. The van der Waals surface area contributed by atoms with E-state index in [-0.39, 0.29) is 0 Å². The fourth-order valence-electron chi connectivity index (χ4n) is 2.00. The van der Waals surface area contributed by atoms with Crippen LogP contribution in [-0.2, 0) is 4.79 Å². The first-order valence-electron chi connectivity index (χ1n) is 7.61. The van der Waals surface area contributed by atoms with Crippen LogP contribution in [0.2, 0.25) is 0 Å². The molecule has 0 bridgehead atoms. The maximum atomic E-state index is 10.1. The largest absolute Gasteiger partial charge is 0.303 e. The molecule has 0 saturated carbocycles. The Kier molecular flexibility index (Phi) is 15.4. The number of aldehydes is 1. The van der Waals surface area contributed by atoms with Crippen LogP contribution >= 0.6 is 0 Å².